The van der Waals surface area contributed by atoms with Gasteiger partial charge >= 0.3 is 5.97 Å². The van der Waals surface area contributed by atoms with Gasteiger partial charge in [0.15, 0.2) is 11.6 Å². The molecule has 11 heteroatoms. The van der Waals surface area contributed by atoms with Crippen molar-refractivity contribution in [2.24, 2.45) is 10.8 Å². The van der Waals surface area contributed by atoms with E-state index in [4.69, 9.17) is 10.8 Å². The van der Waals surface area contributed by atoms with Crippen molar-refractivity contribution in [1.29, 1.82) is 0 Å². The van der Waals surface area contributed by atoms with Gasteiger partial charge in [-0.1, -0.05) is 12.1 Å². The molecule has 0 aliphatic carbocycles. The van der Waals surface area contributed by atoms with E-state index in [1.54, 1.807) is 12.1 Å². The Kier molecular flexibility index (Phi) is 7.44. The first-order chi connectivity index (χ1) is 15.7. The van der Waals surface area contributed by atoms with Gasteiger partial charge in [0.1, 0.15) is 11.9 Å². The number of carbonyl (C=O) groups excluding carboxylic acids is 2. The molecule has 0 fully saturated rings. The van der Waals surface area contributed by atoms with Crippen LogP contribution in [-0.2, 0) is 22.6 Å². The minimum Gasteiger partial charge on any atom is -0.478 e. The minimum absolute atomic E-state index is 0.116. The maximum Gasteiger partial charge on any atom is 0.335 e. The van der Waals surface area contributed by atoms with Crippen molar-refractivity contribution in [3.8, 4) is 0 Å². The van der Waals surface area contributed by atoms with Crippen LogP contribution in [0.1, 0.15) is 34.3 Å². The molecular weight excluding hydrogens is 441 g/mol. The Hall–Kier alpha value is -3.73. The number of halogens is 3. The summed E-state index contributed by atoms with van der Waals surface area (Å²) >= 11 is 0. The van der Waals surface area contributed by atoms with Crippen molar-refractivity contribution in [2.45, 2.75) is 37.9 Å². The first-order valence-electron chi connectivity index (χ1n) is 9.99. The number of carbonyl (C=O) groups is 3. The molecule has 4 N–H and O–H groups in total. The largest absolute Gasteiger partial charge is 0.478 e. The standard InChI is InChI=1S/C22H21F3N4O4/c23-16-10-18(25)17(24)8-14(16)7-15(26)9-20(30)29-19(5-6-28-29)21(31)27-11-12-1-3-13(4-2-12)22(32)33/h1-4,6,8,10,15,19H,5,7,9,11,26H2,(H,27,31)(H,32,33)/t15-,19?/m1/s1. The van der Waals surface area contributed by atoms with Gasteiger partial charge in [0.2, 0.25) is 11.8 Å². The lowest BCUT2D eigenvalue weighted by Gasteiger charge is -2.23. The van der Waals surface area contributed by atoms with Gasteiger partial charge in [-0.25, -0.2) is 23.0 Å². The topological polar surface area (TPSA) is 125 Å². The monoisotopic (exact) mass is 462 g/mol. The number of amides is 2. The van der Waals surface area contributed by atoms with Gasteiger partial charge in [-0.3, -0.25) is 9.59 Å². The van der Waals surface area contributed by atoms with Crippen LogP contribution in [-0.4, -0.2) is 46.2 Å². The van der Waals surface area contributed by atoms with E-state index in [9.17, 15) is 27.6 Å². The number of carboxylic acids is 1. The van der Waals surface area contributed by atoms with Crippen molar-refractivity contribution < 1.29 is 32.7 Å². The molecule has 0 radical (unpaired) electrons. The average molecular weight is 462 g/mol. The highest BCUT2D eigenvalue weighted by atomic mass is 19.2. The van der Waals surface area contributed by atoms with Crippen LogP contribution in [0.3, 0.4) is 0 Å². The molecule has 1 aliphatic rings. The second kappa shape index (κ2) is 10.3. The van der Waals surface area contributed by atoms with Crippen molar-refractivity contribution in [3.63, 3.8) is 0 Å². The molecule has 2 aromatic carbocycles. The zero-order valence-corrected chi connectivity index (χ0v) is 17.3. The Morgan fingerprint density at radius 1 is 1.12 bits per heavy atom. The normalized spacial score (nSPS) is 16.0. The number of hydrazone groups is 1. The van der Waals surface area contributed by atoms with Crippen LogP contribution < -0.4 is 11.1 Å². The lowest BCUT2D eigenvalue weighted by Crippen LogP contribution is -2.46. The first-order valence-corrected chi connectivity index (χ1v) is 9.99. The van der Waals surface area contributed by atoms with Gasteiger partial charge in [0, 0.05) is 37.7 Å². The van der Waals surface area contributed by atoms with Crippen molar-refractivity contribution in [3.05, 3.63) is 70.5 Å². The molecule has 0 bridgehead atoms. The second-order valence-corrected chi connectivity index (χ2v) is 7.53. The number of benzene rings is 2. The zero-order chi connectivity index (χ0) is 24.1. The lowest BCUT2D eigenvalue weighted by molar-refractivity contribution is -0.139. The number of nitrogens with one attached hydrogen (secondary N) is 1. The summed E-state index contributed by atoms with van der Waals surface area (Å²) < 4.78 is 40.2. The van der Waals surface area contributed by atoms with E-state index in [1.165, 1.54) is 18.3 Å². The van der Waals surface area contributed by atoms with Crippen molar-refractivity contribution >= 4 is 24.0 Å². The Balaban J connectivity index is 1.55. The molecule has 2 amide bonds. The molecule has 1 aliphatic heterocycles. The highest BCUT2D eigenvalue weighted by Gasteiger charge is 2.33. The quantitative estimate of drug-likeness (QED) is 0.518. The SMILES string of the molecule is N[C@@H](CC(=O)N1N=CCC1C(=O)NCc1ccc(C(=O)O)cc1)Cc1cc(F)c(F)cc1F. The molecule has 33 heavy (non-hydrogen) atoms. The molecule has 174 valence electrons. The molecule has 8 nitrogen and oxygen atoms in total. The Labute approximate surface area is 186 Å². The van der Waals surface area contributed by atoms with Gasteiger partial charge < -0.3 is 16.2 Å². The maximum absolute atomic E-state index is 13.8. The van der Waals surface area contributed by atoms with Crippen molar-refractivity contribution in [2.75, 3.05) is 0 Å². The van der Waals surface area contributed by atoms with Gasteiger partial charge in [0.05, 0.1) is 5.56 Å². The first kappa shape index (κ1) is 23.9. The predicted octanol–water partition coefficient (Wildman–Crippen LogP) is 1.97. The van der Waals surface area contributed by atoms with E-state index in [0.29, 0.717) is 17.7 Å². The van der Waals surface area contributed by atoms with Crippen LogP contribution in [0.4, 0.5) is 13.2 Å². The third kappa shape index (κ3) is 5.95. The van der Waals surface area contributed by atoms with E-state index < -0.39 is 47.3 Å². The molecule has 0 saturated heterocycles. The van der Waals surface area contributed by atoms with E-state index in [0.717, 1.165) is 5.01 Å². The molecular formula is C22H21F3N4O4. The number of carboxylic acid groups (broad SMARTS) is 1. The summed E-state index contributed by atoms with van der Waals surface area (Å²) in [6.07, 6.45) is 1.08. The Bertz CT molecular complexity index is 1090. The average Bonchev–Trinajstić information content (AvgIpc) is 3.26. The predicted molar refractivity (Wildman–Crippen MR) is 112 cm³/mol. The van der Waals surface area contributed by atoms with Gasteiger partial charge in [-0.15, -0.1) is 0 Å². The van der Waals surface area contributed by atoms with Gasteiger partial charge in [0.25, 0.3) is 0 Å². The van der Waals surface area contributed by atoms with E-state index in [1.807, 2.05) is 0 Å². The Morgan fingerprint density at radius 3 is 2.45 bits per heavy atom. The maximum atomic E-state index is 13.8. The summed E-state index contributed by atoms with van der Waals surface area (Å²) in [6.45, 7) is 0.117. The molecule has 3 rings (SSSR count). The fourth-order valence-electron chi connectivity index (χ4n) is 3.34. The van der Waals surface area contributed by atoms with E-state index in [-0.39, 0.29) is 36.9 Å². The van der Waals surface area contributed by atoms with Crippen LogP contribution in [0.2, 0.25) is 0 Å². The molecule has 0 spiro atoms. The molecule has 1 unspecified atom stereocenters. The number of nitrogens with zero attached hydrogens (tertiary/aromatic N) is 2. The fourth-order valence-corrected chi connectivity index (χ4v) is 3.34. The van der Waals surface area contributed by atoms with Gasteiger partial charge in [-0.2, -0.15) is 5.10 Å². The number of hydrogen-bond donors (Lipinski definition) is 3. The number of aromatic carboxylic acids is 1. The van der Waals surface area contributed by atoms with Crippen LogP contribution in [0.5, 0.6) is 0 Å². The summed E-state index contributed by atoms with van der Waals surface area (Å²) in [5.41, 5.74) is 6.52. The Morgan fingerprint density at radius 2 is 1.79 bits per heavy atom. The van der Waals surface area contributed by atoms with E-state index in [2.05, 4.69) is 10.4 Å². The summed E-state index contributed by atoms with van der Waals surface area (Å²) in [4.78, 5) is 36.1. The number of rotatable bonds is 8. The lowest BCUT2D eigenvalue weighted by atomic mass is 10.0. The third-order valence-electron chi connectivity index (χ3n) is 5.06. The zero-order valence-electron chi connectivity index (χ0n) is 17.3. The number of hydrogen-bond acceptors (Lipinski definition) is 5. The minimum atomic E-state index is -1.32. The smallest absolute Gasteiger partial charge is 0.335 e. The molecule has 2 aromatic rings. The van der Waals surface area contributed by atoms with Gasteiger partial charge in [-0.05, 0) is 35.7 Å². The highest BCUT2D eigenvalue weighted by molar-refractivity contribution is 5.92. The molecule has 2 atom stereocenters. The van der Waals surface area contributed by atoms with Crippen LogP contribution in [0.15, 0.2) is 41.5 Å². The fraction of sp³-hybridized carbons (Fsp3) is 0.273. The number of nitrogens with two attached hydrogens (primary N) is 1. The molecule has 0 saturated carbocycles. The molecule has 1 heterocycles. The van der Waals surface area contributed by atoms with E-state index >= 15 is 0 Å². The summed E-state index contributed by atoms with van der Waals surface area (Å²) in [7, 11) is 0. The third-order valence-corrected chi connectivity index (χ3v) is 5.06. The second-order valence-electron chi connectivity index (χ2n) is 7.53. The van der Waals surface area contributed by atoms with Crippen LogP contribution >= 0.6 is 0 Å². The molecule has 0 aromatic heterocycles. The highest BCUT2D eigenvalue weighted by Crippen LogP contribution is 2.18. The summed E-state index contributed by atoms with van der Waals surface area (Å²) in [5.74, 6) is -5.62. The van der Waals surface area contributed by atoms with Crippen LogP contribution in [0.25, 0.3) is 0 Å². The summed E-state index contributed by atoms with van der Waals surface area (Å²) in [6, 6.07) is 5.25. The van der Waals surface area contributed by atoms with Crippen LogP contribution in [0, 0.1) is 17.5 Å². The van der Waals surface area contributed by atoms with Crippen molar-refractivity contribution in [1.82, 2.24) is 10.3 Å². The summed E-state index contributed by atoms with van der Waals surface area (Å²) in [5, 5.41) is 16.5.